The van der Waals surface area contributed by atoms with Crippen LogP contribution in [0, 0.1) is 6.92 Å². The summed E-state index contributed by atoms with van der Waals surface area (Å²) in [6.45, 7) is 3.87. The molecule has 0 aliphatic rings. The van der Waals surface area contributed by atoms with Crippen LogP contribution in [0.5, 0.6) is 0 Å². The summed E-state index contributed by atoms with van der Waals surface area (Å²) in [6, 6.07) is 0. The lowest BCUT2D eigenvalue weighted by atomic mass is 10.1. The summed E-state index contributed by atoms with van der Waals surface area (Å²) in [5.41, 5.74) is 1.05. The molecule has 5 heteroatoms. The number of unbranched alkanes of at least 4 members (excludes halogenated alkanes) is 6. The number of amides is 1. The topological polar surface area (TPSA) is 82.2 Å². The lowest BCUT2D eigenvalue weighted by Crippen LogP contribution is -2.13. The predicted octanol–water partition coefficient (Wildman–Crippen LogP) is 4.10. The largest absolute Gasteiger partial charge is 0.478 e. The summed E-state index contributed by atoms with van der Waals surface area (Å²) in [5, 5.41) is 11.8. The van der Waals surface area contributed by atoms with E-state index in [9.17, 15) is 9.59 Å². The van der Waals surface area contributed by atoms with E-state index in [1.807, 2.05) is 0 Å². The number of aromatic nitrogens is 1. The standard InChI is InChI=1S/C16H26N2O3/c1-3-4-5-6-7-8-9-10-14(19)18-13-11-17-12(2)15(13)16(20)21/h11,17H,3-10H2,1-2H3,(H,18,19)(H,20,21). The highest BCUT2D eigenvalue weighted by atomic mass is 16.4. The molecule has 5 nitrogen and oxygen atoms in total. The molecular formula is C16H26N2O3. The first kappa shape index (κ1) is 17.3. The minimum Gasteiger partial charge on any atom is -0.478 e. The number of hydrogen-bond donors (Lipinski definition) is 3. The maximum atomic E-state index is 11.8. The van der Waals surface area contributed by atoms with E-state index < -0.39 is 5.97 Å². The summed E-state index contributed by atoms with van der Waals surface area (Å²) in [5.74, 6) is -1.15. The molecule has 118 valence electrons. The first-order chi connectivity index (χ1) is 10.1. The third-order valence-corrected chi connectivity index (χ3v) is 3.57. The first-order valence-corrected chi connectivity index (χ1v) is 7.77. The van der Waals surface area contributed by atoms with Crippen molar-refractivity contribution in [3.8, 4) is 0 Å². The number of nitrogens with one attached hydrogen (secondary N) is 2. The zero-order chi connectivity index (χ0) is 15.7. The number of carboxylic acids is 1. The molecule has 3 N–H and O–H groups in total. The lowest BCUT2D eigenvalue weighted by molar-refractivity contribution is -0.116. The van der Waals surface area contributed by atoms with Crippen LogP contribution >= 0.6 is 0 Å². The molecule has 1 rings (SSSR count). The Morgan fingerprint density at radius 3 is 2.38 bits per heavy atom. The maximum absolute atomic E-state index is 11.8. The second-order valence-electron chi connectivity index (χ2n) is 5.43. The van der Waals surface area contributed by atoms with E-state index in [1.54, 1.807) is 6.92 Å². The molecule has 0 unspecified atom stereocenters. The van der Waals surface area contributed by atoms with E-state index in [2.05, 4.69) is 17.2 Å². The Morgan fingerprint density at radius 1 is 1.14 bits per heavy atom. The SMILES string of the molecule is CCCCCCCCCC(=O)Nc1c[nH]c(C)c1C(=O)O. The van der Waals surface area contributed by atoms with Crippen molar-refractivity contribution in [2.45, 2.75) is 65.2 Å². The normalized spacial score (nSPS) is 10.6. The van der Waals surface area contributed by atoms with Gasteiger partial charge in [0.2, 0.25) is 5.91 Å². The summed E-state index contributed by atoms with van der Waals surface area (Å²) >= 11 is 0. The maximum Gasteiger partial charge on any atom is 0.339 e. The summed E-state index contributed by atoms with van der Waals surface area (Å²) in [4.78, 5) is 25.7. The Hall–Kier alpha value is -1.78. The van der Waals surface area contributed by atoms with Gasteiger partial charge in [-0.1, -0.05) is 45.4 Å². The van der Waals surface area contributed by atoms with Gasteiger partial charge in [-0.25, -0.2) is 4.79 Å². The van der Waals surface area contributed by atoms with Crippen molar-refractivity contribution in [1.29, 1.82) is 0 Å². The van der Waals surface area contributed by atoms with Crippen LogP contribution in [-0.2, 0) is 4.79 Å². The molecule has 1 aromatic rings. The van der Waals surface area contributed by atoms with Crippen molar-refractivity contribution in [3.63, 3.8) is 0 Å². The highest BCUT2D eigenvalue weighted by Gasteiger charge is 2.16. The summed E-state index contributed by atoms with van der Waals surface area (Å²) in [7, 11) is 0. The van der Waals surface area contributed by atoms with Gasteiger partial charge in [0.15, 0.2) is 0 Å². The van der Waals surface area contributed by atoms with Crippen LogP contribution in [0.4, 0.5) is 5.69 Å². The Labute approximate surface area is 126 Å². The molecule has 0 fully saturated rings. The number of H-pyrrole nitrogens is 1. The summed E-state index contributed by atoms with van der Waals surface area (Å²) < 4.78 is 0. The van der Waals surface area contributed by atoms with E-state index in [1.165, 1.54) is 31.9 Å². The lowest BCUT2D eigenvalue weighted by Gasteiger charge is -2.05. The number of aromatic carboxylic acids is 1. The highest BCUT2D eigenvalue weighted by molar-refractivity contribution is 6.01. The molecule has 1 aromatic heterocycles. The van der Waals surface area contributed by atoms with E-state index >= 15 is 0 Å². The van der Waals surface area contributed by atoms with Gasteiger partial charge in [-0.2, -0.15) is 0 Å². The molecular weight excluding hydrogens is 268 g/mol. The number of aromatic amines is 1. The molecule has 1 heterocycles. The highest BCUT2D eigenvalue weighted by Crippen LogP contribution is 2.19. The van der Waals surface area contributed by atoms with Crippen LogP contribution in [0.3, 0.4) is 0 Å². The minimum atomic E-state index is -1.03. The van der Waals surface area contributed by atoms with Gasteiger partial charge in [0, 0.05) is 18.3 Å². The monoisotopic (exact) mass is 294 g/mol. The molecule has 0 spiro atoms. The van der Waals surface area contributed by atoms with Crippen LogP contribution in [-0.4, -0.2) is 22.0 Å². The molecule has 21 heavy (non-hydrogen) atoms. The van der Waals surface area contributed by atoms with Crippen molar-refractivity contribution in [1.82, 2.24) is 4.98 Å². The second kappa shape index (κ2) is 9.21. The Morgan fingerprint density at radius 2 is 1.76 bits per heavy atom. The summed E-state index contributed by atoms with van der Waals surface area (Å²) in [6.07, 6.45) is 10.1. The second-order valence-corrected chi connectivity index (χ2v) is 5.43. The Kier molecular flexibility index (Phi) is 7.58. The van der Waals surface area contributed by atoms with Gasteiger partial charge in [0.25, 0.3) is 0 Å². The number of carbonyl (C=O) groups excluding carboxylic acids is 1. The molecule has 0 aliphatic heterocycles. The van der Waals surface area contributed by atoms with E-state index in [-0.39, 0.29) is 11.5 Å². The van der Waals surface area contributed by atoms with Gasteiger partial charge in [0.1, 0.15) is 5.56 Å². The number of hydrogen-bond acceptors (Lipinski definition) is 2. The fourth-order valence-corrected chi connectivity index (χ4v) is 2.36. The fraction of sp³-hybridized carbons (Fsp3) is 0.625. The Balaban J connectivity index is 2.27. The Bertz CT molecular complexity index is 466. The number of anilines is 1. The van der Waals surface area contributed by atoms with Crippen LogP contribution < -0.4 is 5.32 Å². The zero-order valence-electron chi connectivity index (χ0n) is 13.0. The first-order valence-electron chi connectivity index (χ1n) is 7.77. The molecule has 0 radical (unpaired) electrons. The predicted molar refractivity (Wildman–Crippen MR) is 83.7 cm³/mol. The number of rotatable bonds is 10. The molecule has 0 aromatic carbocycles. The number of carbonyl (C=O) groups is 2. The van der Waals surface area contributed by atoms with Gasteiger partial charge >= 0.3 is 5.97 Å². The van der Waals surface area contributed by atoms with Crippen molar-refractivity contribution < 1.29 is 14.7 Å². The third-order valence-electron chi connectivity index (χ3n) is 3.57. The van der Waals surface area contributed by atoms with Crippen molar-refractivity contribution in [2.24, 2.45) is 0 Å². The number of carboxylic acid groups (broad SMARTS) is 1. The zero-order valence-corrected chi connectivity index (χ0v) is 13.0. The van der Waals surface area contributed by atoms with E-state index in [0.29, 0.717) is 17.8 Å². The smallest absolute Gasteiger partial charge is 0.339 e. The van der Waals surface area contributed by atoms with Crippen molar-refractivity contribution in [2.75, 3.05) is 5.32 Å². The van der Waals surface area contributed by atoms with Crippen LogP contribution in [0.2, 0.25) is 0 Å². The van der Waals surface area contributed by atoms with Gasteiger partial charge in [-0.15, -0.1) is 0 Å². The van der Waals surface area contributed by atoms with Gasteiger partial charge in [-0.3, -0.25) is 4.79 Å². The van der Waals surface area contributed by atoms with Gasteiger partial charge in [-0.05, 0) is 13.3 Å². The van der Waals surface area contributed by atoms with Crippen LogP contribution in [0.25, 0.3) is 0 Å². The third kappa shape index (κ3) is 6.02. The van der Waals surface area contributed by atoms with Crippen LogP contribution in [0.15, 0.2) is 6.20 Å². The molecule has 0 atom stereocenters. The molecule has 0 aliphatic carbocycles. The van der Waals surface area contributed by atoms with E-state index in [4.69, 9.17) is 5.11 Å². The number of aryl methyl sites for hydroxylation is 1. The van der Waals surface area contributed by atoms with Crippen LogP contribution in [0.1, 0.15) is 74.3 Å². The van der Waals surface area contributed by atoms with Gasteiger partial charge < -0.3 is 15.4 Å². The molecule has 0 bridgehead atoms. The quantitative estimate of drug-likeness (QED) is 0.568. The van der Waals surface area contributed by atoms with Crippen molar-refractivity contribution in [3.05, 3.63) is 17.5 Å². The van der Waals surface area contributed by atoms with E-state index in [0.717, 1.165) is 19.3 Å². The average Bonchev–Trinajstić information content (AvgIpc) is 2.78. The molecule has 1 amide bonds. The fourth-order valence-electron chi connectivity index (χ4n) is 2.36. The minimum absolute atomic E-state index is 0.120. The molecule has 0 saturated heterocycles. The average molecular weight is 294 g/mol. The van der Waals surface area contributed by atoms with Gasteiger partial charge in [0.05, 0.1) is 5.69 Å². The molecule has 0 saturated carbocycles. The van der Waals surface area contributed by atoms with Crippen molar-refractivity contribution >= 4 is 17.6 Å².